The summed E-state index contributed by atoms with van der Waals surface area (Å²) in [6.45, 7) is 0. The van der Waals surface area contributed by atoms with Gasteiger partial charge < -0.3 is 0 Å². The van der Waals surface area contributed by atoms with E-state index in [0.717, 1.165) is 37.7 Å². The van der Waals surface area contributed by atoms with Crippen LogP contribution < -0.4 is 0 Å². The Labute approximate surface area is 169 Å². The summed E-state index contributed by atoms with van der Waals surface area (Å²) in [4.78, 5) is 15.1. The van der Waals surface area contributed by atoms with Crippen molar-refractivity contribution in [2.75, 3.05) is 0 Å². The van der Waals surface area contributed by atoms with E-state index in [1.54, 1.807) is 23.1 Å². The Hall–Kier alpha value is -2.12. The van der Waals surface area contributed by atoms with Crippen LogP contribution in [0.4, 0.5) is 0 Å². The third kappa shape index (κ3) is 3.86. The molecular weight excluding hydrogens is 392 g/mol. The van der Waals surface area contributed by atoms with E-state index < -0.39 is 15.3 Å². The highest BCUT2D eigenvalue weighted by molar-refractivity contribution is 8.15. The summed E-state index contributed by atoms with van der Waals surface area (Å²) in [5.74, 6) is -0.0647. The highest BCUT2D eigenvalue weighted by Crippen LogP contribution is 2.43. The number of sulfonamides is 1. The van der Waals surface area contributed by atoms with E-state index in [9.17, 15) is 13.2 Å². The van der Waals surface area contributed by atoms with E-state index in [-0.39, 0.29) is 16.8 Å². The number of hydrogen-bond donors (Lipinski definition) is 0. The first kappa shape index (κ1) is 19.2. The molecule has 1 unspecified atom stereocenters. The van der Waals surface area contributed by atoms with Crippen LogP contribution in [0.5, 0.6) is 0 Å². The van der Waals surface area contributed by atoms with Crippen molar-refractivity contribution in [3.05, 3.63) is 66.2 Å². The van der Waals surface area contributed by atoms with Gasteiger partial charge in [-0.25, -0.2) is 0 Å². The molecule has 0 aromatic heterocycles. The zero-order chi connectivity index (χ0) is 19.6. The third-order valence-corrected chi connectivity index (χ3v) is 7.78. The monoisotopic (exact) mass is 414 g/mol. The van der Waals surface area contributed by atoms with Crippen molar-refractivity contribution >= 4 is 32.9 Å². The fourth-order valence-corrected chi connectivity index (χ4v) is 6.20. The minimum atomic E-state index is -3.87. The van der Waals surface area contributed by atoms with Crippen LogP contribution in [0.25, 0.3) is 0 Å². The Kier molecular flexibility index (Phi) is 5.55. The van der Waals surface area contributed by atoms with Gasteiger partial charge in [-0.2, -0.15) is 8.42 Å². The van der Waals surface area contributed by atoms with Crippen LogP contribution in [0.15, 0.2) is 70.0 Å². The molecule has 0 bridgehead atoms. The molecule has 146 valence electrons. The minimum Gasteiger partial charge on any atom is -0.286 e. The predicted molar refractivity (Wildman–Crippen MR) is 112 cm³/mol. The van der Waals surface area contributed by atoms with Gasteiger partial charge in [-0.3, -0.25) is 9.69 Å². The number of rotatable bonds is 4. The molecule has 1 aliphatic carbocycles. The first-order valence-corrected chi connectivity index (χ1v) is 11.8. The minimum absolute atomic E-state index is 0.0205. The van der Waals surface area contributed by atoms with Gasteiger partial charge in [-0.05, 0) is 30.5 Å². The number of carbonyl (C=O) groups excluding carboxylic acids is 1. The van der Waals surface area contributed by atoms with Crippen molar-refractivity contribution in [1.82, 2.24) is 4.90 Å². The summed E-state index contributed by atoms with van der Waals surface area (Å²) in [6, 6.07) is 17.7. The van der Waals surface area contributed by atoms with Crippen molar-refractivity contribution in [3.63, 3.8) is 0 Å². The maximum atomic E-state index is 13.3. The zero-order valence-corrected chi connectivity index (χ0v) is 17.0. The van der Waals surface area contributed by atoms with E-state index in [0.29, 0.717) is 5.17 Å². The van der Waals surface area contributed by atoms with Gasteiger partial charge in [-0.1, -0.05) is 79.6 Å². The Morgan fingerprint density at radius 2 is 1.50 bits per heavy atom. The molecule has 1 amide bonds. The smallest absolute Gasteiger partial charge is 0.284 e. The maximum Gasteiger partial charge on any atom is 0.284 e. The highest BCUT2D eigenvalue weighted by Gasteiger charge is 2.43. The number of amides is 1. The standard InChI is InChI=1S/C21H22N2O3S2/c24-20-19(16-10-4-1-5-11-16)27-21(23(20)17-12-6-2-7-13-17)22-28(25,26)18-14-8-3-9-15-18/h1,3-5,8-11,14-15,17,19H,2,6-7,12-13H2/b22-21+. The van der Waals surface area contributed by atoms with Crippen LogP contribution in [0, 0.1) is 0 Å². The normalized spacial score (nSPS) is 22.7. The molecule has 0 spiro atoms. The molecule has 2 aromatic carbocycles. The molecule has 28 heavy (non-hydrogen) atoms. The lowest BCUT2D eigenvalue weighted by atomic mass is 9.94. The van der Waals surface area contributed by atoms with Gasteiger partial charge in [0.25, 0.3) is 10.0 Å². The van der Waals surface area contributed by atoms with Crippen molar-refractivity contribution in [3.8, 4) is 0 Å². The number of amidine groups is 1. The highest BCUT2D eigenvalue weighted by atomic mass is 32.2. The molecule has 4 rings (SSSR count). The van der Waals surface area contributed by atoms with Crippen molar-refractivity contribution in [1.29, 1.82) is 0 Å². The number of thioether (sulfide) groups is 1. The third-order valence-electron chi connectivity index (χ3n) is 5.17. The first-order chi connectivity index (χ1) is 13.6. The van der Waals surface area contributed by atoms with Gasteiger partial charge in [-0.15, -0.1) is 4.40 Å². The molecule has 0 N–H and O–H groups in total. The number of carbonyl (C=O) groups is 1. The van der Waals surface area contributed by atoms with Crippen LogP contribution >= 0.6 is 11.8 Å². The average Bonchev–Trinajstić information content (AvgIpc) is 3.05. The second-order valence-corrected chi connectivity index (χ2v) is 9.75. The molecule has 5 nitrogen and oxygen atoms in total. The molecule has 1 saturated carbocycles. The molecule has 1 heterocycles. The summed E-state index contributed by atoms with van der Waals surface area (Å²) >= 11 is 1.24. The first-order valence-electron chi connectivity index (χ1n) is 9.51. The topological polar surface area (TPSA) is 66.8 Å². The number of nitrogens with zero attached hydrogens (tertiary/aromatic N) is 2. The Morgan fingerprint density at radius 1 is 0.893 bits per heavy atom. The van der Waals surface area contributed by atoms with Crippen LogP contribution in [0.1, 0.15) is 42.9 Å². The van der Waals surface area contributed by atoms with E-state index in [4.69, 9.17) is 0 Å². The van der Waals surface area contributed by atoms with Crippen LogP contribution in [-0.4, -0.2) is 30.4 Å². The van der Waals surface area contributed by atoms with Gasteiger partial charge in [0.2, 0.25) is 5.91 Å². The van der Waals surface area contributed by atoms with Crippen molar-refractivity contribution < 1.29 is 13.2 Å². The summed E-state index contributed by atoms with van der Waals surface area (Å²) < 4.78 is 29.8. The summed E-state index contributed by atoms with van der Waals surface area (Å²) in [5, 5.41) is -0.151. The maximum absolute atomic E-state index is 13.3. The SMILES string of the molecule is O=C1C(c2ccccc2)S/C(=N/S(=O)(=O)c2ccccc2)N1C1CCCCC1. The van der Waals surface area contributed by atoms with E-state index >= 15 is 0 Å². The second kappa shape index (κ2) is 8.09. The summed E-state index contributed by atoms with van der Waals surface area (Å²) in [6.07, 6.45) is 5.03. The van der Waals surface area contributed by atoms with E-state index in [1.165, 1.54) is 23.9 Å². The lowest BCUT2D eigenvalue weighted by Crippen LogP contribution is -2.41. The Bertz CT molecular complexity index is 969. The second-order valence-electron chi connectivity index (χ2n) is 7.07. The van der Waals surface area contributed by atoms with Crippen LogP contribution in [0.2, 0.25) is 0 Å². The number of hydrogen-bond acceptors (Lipinski definition) is 4. The summed E-state index contributed by atoms with van der Waals surface area (Å²) in [5.41, 5.74) is 0.876. The molecule has 1 atom stereocenters. The molecule has 2 fully saturated rings. The molecule has 0 radical (unpaired) electrons. The van der Waals surface area contributed by atoms with Gasteiger partial charge in [0.15, 0.2) is 5.17 Å². The Balaban J connectivity index is 1.73. The van der Waals surface area contributed by atoms with Crippen molar-refractivity contribution in [2.45, 2.75) is 48.3 Å². The molecule has 1 saturated heterocycles. The molecule has 7 heteroatoms. The largest absolute Gasteiger partial charge is 0.286 e. The molecule has 1 aliphatic heterocycles. The summed E-state index contributed by atoms with van der Waals surface area (Å²) in [7, 11) is -3.87. The van der Waals surface area contributed by atoms with E-state index in [2.05, 4.69) is 4.40 Å². The number of benzene rings is 2. The van der Waals surface area contributed by atoms with Crippen LogP contribution in [0.3, 0.4) is 0 Å². The lowest BCUT2D eigenvalue weighted by molar-refractivity contribution is -0.128. The van der Waals surface area contributed by atoms with Gasteiger partial charge in [0.05, 0.1) is 4.90 Å². The molecular formula is C21H22N2O3S2. The molecule has 2 aromatic rings. The van der Waals surface area contributed by atoms with Gasteiger partial charge in [0.1, 0.15) is 5.25 Å². The Morgan fingerprint density at radius 3 is 2.14 bits per heavy atom. The fraction of sp³-hybridized carbons (Fsp3) is 0.333. The fourth-order valence-electron chi connectivity index (χ4n) is 3.76. The van der Waals surface area contributed by atoms with Crippen LogP contribution in [-0.2, 0) is 14.8 Å². The van der Waals surface area contributed by atoms with Gasteiger partial charge in [0, 0.05) is 6.04 Å². The molecule has 2 aliphatic rings. The predicted octanol–water partition coefficient (Wildman–Crippen LogP) is 4.38. The lowest BCUT2D eigenvalue weighted by Gasteiger charge is -2.30. The van der Waals surface area contributed by atoms with Gasteiger partial charge >= 0.3 is 0 Å². The van der Waals surface area contributed by atoms with Crippen molar-refractivity contribution in [2.24, 2.45) is 4.40 Å². The zero-order valence-electron chi connectivity index (χ0n) is 15.4. The average molecular weight is 415 g/mol. The van der Waals surface area contributed by atoms with E-state index in [1.807, 2.05) is 30.3 Å². The quantitative estimate of drug-likeness (QED) is 0.745.